The highest BCUT2D eigenvalue weighted by Gasteiger charge is 2.49. The maximum atomic E-state index is 13.3. The quantitative estimate of drug-likeness (QED) is 0.420. The molecule has 166 valence electrons. The number of H-pyrrole nitrogens is 1. The van der Waals surface area contributed by atoms with E-state index in [1.165, 1.54) is 12.0 Å². The van der Waals surface area contributed by atoms with Gasteiger partial charge in [-0.3, -0.25) is 15.0 Å². The molecule has 1 aliphatic heterocycles. The largest absolute Gasteiger partial charge is 0.453 e. The summed E-state index contributed by atoms with van der Waals surface area (Å²) in [4.78, 5) is 33.6. The summed E-state index contributed by atoms with van der Waals surface area (Å²) in [7, 11) is 1.26. The van der Waals surface area contributed by atoms with Crippen molar-refractivity contribution in [2.24, 2.45) is 0 Å². The topological polar surface area (TPSA) is 108 Å². The molecule has 0 saturated carbocycles. The average molecular weight is 463 g/mol. The Kier molecular flexibility index (Phi) is 5.03. The number of aliphatic hydroxyl groups is 1. The first-order valence-electron chi connectivity index (χ1n) is 10.1. The summed E-state index contributed by atoms with van der Waals surface area (Å²) in [6.07, 6.45) is -0.657. The number of aromatic nitrogens is 2. The van der Waals surface area contributed by atoms with Crippen LogP contribution in [0.15, 0.2) is 66.7 Å². The fourth-order valence-electron chi connectivity index (χ4n) is 4.16. The van der Waals surface area contributed by atoms with E-state index >= 15 is 0 Å². The standard InChI is InChI=1S/C24H19ClN4O4/c1-33-23(31)28-22-26-19-10-9-15(12-20(19)27-22)24(32)18-8-3-2-7-17(18)21(30)29(24)13-14-5-4-6-16(25)11-14/h2-12,32H,13H2,1H3,(H2,26,27,28,31). The number of imidazole rings is 1. The van der Waals surface area contributed by atoms with Crippen LogP contribution in [0.5, 0.6) is 0 Å². The first kappa shape index (κ1) is 21.0. The Bertz CT molecular complexity index is 1400. The highest BCUT2D eigenvalue weighted by atomic mass is 35.5. The lowest BCUT2D eigenvalue weighted by atomic mass is 9.93. The lowest BCUT2D eigenvalue weighted by Crippen LogP contribution is -2.44. The van der Waals surface area contributed by atoms with Crippen molar-refractivity contribution < 1.29 is 19.4 Å². The van der Waals surface area contributed by atoms with E-state index in [2.05, 4.69) is 20.0 Å². The average Bonchev–Trinajstić information content (AvgIpc) is 3.31. The number of benzene rings is 3. The Morgan fingerprint density at radius 1 is 1.18 bits per heavy atom. The van der Waals surface area contributed by atoms with Crippen LogP contribution < -0.4 is 5.32 Å². The number of aromatic amines is 1. The number of amides is 2. The van der Waals surface area contributed by atoms with Gasteiger partial charge in [0.25, 0.3) is 5.91 Å². The van der Waals surface area contributed by atoms with Crippen molar-refractivity contribution in [1.29, 1.82) is 0 Å². The second-order valence-corrected chi connectivity index (χ2v) is 8.11. The second kappa shape index (κ2) is 7.91. The van der Waals surface area contributed by atoms with E-state index in [0.29, 0.717) is 32.7 Å². The van der Waals surface area contributed by atoms with Crippen molar-refractivity contribution in [3.8, 4) is 0 Å². The predicted octanol–water partition coefficient (Wildman–Crippen LogP) is 4.24. The van der Waals surface area contributed by atoms with Gasteiger partial charge in [-0.25, -0.2) is 9.78 Å². The number of anilines is 1. The number of ether oxygens (including phenoxy) is 1. The van der Waals surface area contributed by atoms with Gasteiger partial charge >= 0.3 is 6.09 Å². The van der Waals surface area contributed by atoms with Crippen LogP contribution in [-0.2, 0) is 17.0 Å². The monoisotopic (exact) mass is 462 g/mol. The number of hydrogen-bond donors (Lipinski definition) is 3. The second-order valence-electron chi connectivity index (χ2n) is 7.67. The Morgan fingerprint density at radius 2 is 2.00 bits per heavy atom. The molecule has 1 aliphatic rings. The van der Waals surface area contributed by atoms with Crippen LogP contribution in [0.3, 0.4) is 0 Å². The zero-order chi connectivity index (χ0) is 23.2. The molecule has 4 aromatic rings. The zero-order valence-corrected chi connectivity index (χ0v) is 18.3. The van der Waals surface area contributed by atoms with Crippen LogP contribution in [0.1, 0.15) is 27.0 Å². The maximum Gasteiger partial charge on any atom is 0.413 e. The number of fused-ring (bicyclic) bond motifs is 2. The summed E-state index contributed by atoms with van der Waals surface area (Å²) >= 11 is 6.14. The number of methoxy groups -OCH3 is 1. The van der Waals surface area contributed by atoms with E-state index in [0.717, 1.165) is 5.56 Å². The van der Waals surface area contributed by atoms with Gasteiger partial charge in [0.05, 0.1) is 18.1 Å². The number of halogens is 1. The van der Waals surface area contributed by atoms with Gasteiger partial charge in [0.2, 0.25) is 5.95 Å². The van der Waals surface area contributed by atoms with Crippen LogP contribution in [-0.4, -0.2) is 39.1 Å². The van der Waals surface area contributed by atoms with Gasteiger partial charge in [0.15, 0.2) is 5.72 Å². The minimum atomic E-state index is -1.72. The maximum absolute atomic E-state index is 13.3. The summed E-state index contributed by atoms with van der Waals surface area (Å²) in [5.74, 6) is -0.0806. The molecule has 0 radical (unpaired) electrons. The van der Waals surface area contributed by atoms with Crippen molar-refractivity contribution in [2.45, 2.75) is 12.3 Å². The molecule has 9 heteroatoms. The summed E-state index contributed by atoms with van der Waals surface area (Å²) in [5.41, 5.74) is 1.59. The minimum Gasteiger partial charge on any atom is -0.453 e. The van der Waals surface area contributed by atoms with Gasteiger partial charge in [-0.05, 0) is 35.9 Å². The summed E-state index contributed by atoms with van der Waals surface area (Å²) in [6.45, 7) is 0.151. The Labute approximate surface area is 193 Å². The Morgan fingerprint density at radius 3 is 2.79 bits per heavy atom. The Hall–Kier alpha value is -3.88. The normalized spacial score (nSPS) is 17.3. The third kappa shape index (κ3) is 3.49. The third-order valence-electron chi connectivity index (χ3n) is 5.69. The molecule has 33 heavy (non-hydrogen) atoms. The molecular weight excluding hydrogens is 444 g/mol. The molecule has 3 N–H and O–H groups in total. The molecule has 3 aromatic carbocycles. The number of rotatable bonds is 4. The number of nitrogens with zero attached hydrogens (tertiary/aromatic N) is 2. The summed E-state index contributed by atoms with van der Waals surface area (Å²) in [5, 5.41) is 15.1. The van der Waals surface area contributed by atoms with E-state index < -0.39 is 11.8 Å². The van der Waals surface area contributed by atoms with Crippen molar-refractivity contribution >= 4 is 40.6 Å². The SMILES string of the molecule is COC(=O)Nc1nc2cc(C3(O)c4ccccc4C(=O)N3Cc3cccc(Cl)c3)ccc2[nH]1. The van der Waals surface area contributed by atoms with Crippen molar-refractivity contribution in [3.63, 3.8) is 0 Å². The molecule has 1 atom stereocenters. The number of carbonyl (C=O) groups is 2. The molecule has 1 aromatic heterocycles. The van der Waals surface area contributed by atoms with Gasteiger partial charge in [-0.2, -0.15) is 0 Å². The van der Waals surface area contributed by atoms with Crippen LogP contribution >= 0.6 is 11.6 Å². The third-order valence-corrected chi connectivity index (χ3v) is 5.93. The van der Waals surface area contributed by atoms with Crippen molar-refractivity contribution in [2.75, 3.05) is 12.4 Å². The lowest BCUT2D eigenvalue weighted by molar-refractivity contribution is -0.0542. The van der Waals surface area contributed by atoms with Gasteiger partial charge in [-0.1, -0.05) is 48.0 Å². The lowest BCUT2D eigenvalue weighted by Gasteiger charge is -2.35. The van der Waals surface area contributed by atoms with Crippen LogP contribution in [0.25, 0.3) is 11.0 Å². The molecule has 2 amide bonds. The highest BCUT2D eigenvalue weighted by molar-refractivity contribution is 6.30. The predicted molar refractivity (Wildman–Crippen MR) is 123 cm³/mol. The Balaban J connectivity index is 1.61. The van der Waals surface area contributed by atoms with Crippen LogP contribution in [0.2, 0.25) is 5.02 Å². The van der Waals surface area contributed by atoms with E-state index in [-0.39, 0.29) is 18.4 Å². The first-order valence-corrected chi connectivity index (χ1v) is 10.5. The summed E-state index contributed by atoms with van der Waals surface area (Å²) < 4.78 is 4.60. The fourth-order valence-corrected chi connectivity index (χ4v) is 4.37. The molecule has 0 bridgehead atoms. The van der Waals surface area contributed by atoms with E-state index in [1.54, 1.807) is 60.7 Å². The number of nitrogens with one attached hydrogen (secondary N) is 2. The van der Waals surface area contributed by atoms with Gasteiger partial charge < -0.3 is 14.8 Å². The van der Waals surface area contributed by atoms with Crippen molar-refractivity contribution in [3.05, 3.63) is 94.0 Å². The molecule has 5 rings (SSSR count). The van der Waals surface area contributed by atoms with Crippen LogP contribution in [0.4, 0.5) is 10.7 Å². The molecule has 0 saturated heterocycles. The molecule has 0 spiro atoms. The molecule has 1 unspecified atom stereocenters. The minimum absolute atomic E-state index is 0.151. The molecule has 0 aliphatic carbocycles. The number of hydrogen-bond acceptors (Lipinski definition) is 5. The number of carbonyl (C=O) groups excluding carboxylic acids is 2. The zero-order valence-electron chi connectivity index (χ0n) is 17.5. The highest BCUT2D eigenvalue weighted by Crippen LogP contribution is 2.43. The van der Waals surface area contributed by atoms with Gasteiger partial charge in [0, 0.05) is 28.3 Å². The van der Waals surface area contributed by atoms with E-state index in [1.807, 2.05) is 6.07 Å². The van der Waals surface area contributed by atoms with Crippen LogP contribution in [0, 0.1) is 0 Å². The summed E-state index contributed by atoms with van der Waals surface area (Å²) in [6, 6.07) is 19.3. The first-order chi connectivity index (χ1) is 15.9. The fraction of sp³-hybridized carbons (Fsp3) is 0.125. The van der Waals surface area contributed by atoms with Gasteiger partial charge in [-0.15, -0.1) is 0 Å². The molecule has 2 heterocycles. The van der Waals surface area contributed by atoms with E-state index in [9.17, 15) is 14.7 Å². The van der Waals surface area contributed by atoms with E-state index in [4.69, 9.17) is 11.6 Å². The smallest absolute Gasteiger partial charge is 0.413 e. The molecular formula is C24H19ClN4O4. The molecule has 8 nitrogen and oxygen atoms in total. The molecule has 0 fully saturated rings. The van der Waals surface area contributed by atoms with Gasteiger partial charge in [0.1, 0.15) is 0 Å². The van der Waals surface area contributed by atoms with Crippen molar-refractivity contribution in [1.82, 2.24) is 14.9 Å².